The Morgan fingerprint density at radius 1 is 1.04 bits per heavy atom. The number of aryl methyl sites for hydroxylation is 1. The number of benzene rings is 2. The molecule has 4 nitrogen and oxygen atoms in total. The van der Waals surface area contributed by atoms with Crippen molar-refractivity contribution in [2.24, 2.45) is 4.99 Å². The molecule has 1 atom stereocenters. The van der Waals surface area contributed by atoms with Gasteiger partial charge in [0.1, 0.15) is 0 Å². The quantitative estimate of drug-likeness (QED) is 0.514. The molecule has 2 aromatic rings. The van der Waals surface area contributed by atoms with E-state index < -0.39 is 10.0 Å². The molecule has 0 radical (unpaired) electrons. The van der Waals surface area contributed by atoms with Crippen molar-refractivity contribution >= 4 is 32.6 Å². The first-order valence-corrected chi connectivity index (χ1v) is 12.3. The monoisotopic (exact) mass is 416 g/mol. The van der Waals surface area contributed by atoms with Crippen molar-refractivity contribution in [3.8, 4) is 0 Å². The summed E-state index contributed by atoms with van der Waals surface area (Å²) < 4.78 is 28.5. The Hall–Kier alpha value is -1.79. The molecule has 0 bridgehead atoms. The fraction of sp³-hybridized carbons (Fsp3) is 0.409. The summed E-state index contributed by atoms with van der Waals surface area (Å²) in [5.74, 6) is 0.753. The van der Waals surface area contributed by atoms with Crippen molar-refractivity contribution in [3.05, 3.63) is 60.2 Å². The molecule has 1 aliphatic rings. The molecule has 0 aromatic heterocycles. The van der Waals surface area contributed by atoms with Crippen molar-refractivity contribution < 1.29 is 8.42 Å². The first-order valence-electron chi connectivity index (χ1n) is 9.90. The van der Waals surface area contributed by atoms with Crippen molar-refractivity contribution in [1.82, 2.24) is 4.31 Å². The standard InChI is InChI=1S/C22H28N2O2S2/c1-3-4-5-9-12-20-17-27-22(23-19-10-7-6-8-11-19)24(20)28(25,26)21-15-13-18(2)14-16-21/h6-8,10-11,13-16,20H,3-5,9,12,17H2,1-2H3/t20-/m1/s1. The van der Waals surface area contributed by atoms with Crippen LogP contribution in [0, 0.1) is 6.92 Å². The lowest BCUT2D eigenvalue weighted by atomic mass is 10.1. The molecule has 0 aliphatic carbocycles. The van der Waals surface area contributed by atoms with Crippen LogP contribution < -0.4 is 0 Å². The van der Waals surface area contributed by atoms with Crippen LogP contribution in [-0.4, -0.2) is 29.7 Å². The second-order valence-electron chi connectivity index (χ2n) is 7.16. The summed E-state index contributed by atoms with van der Waals surface area (Å²) >= 11 is 1.54. The number of nitrogens with zero attached hydrogens (tertiary/aromatic N) is 2. The van der Waals surface area contributed by atoms with Crippen molar-refractivity contribution in [2.45, 2.75) is 56.9 Å². The fourth-order valence-corrected chi connectivity index (χ4v) is 6.46. The lowest BCUT2D eigenvalue weighted by Crippen LogP contribution is -2.39. The van der Waals surface area contributed by atoms with E-state index in [2.05, 4.69) is 11.9 Å². The fourth-order valence-electron chi connectivity index (χ4n) is 3.28. The van der Waals surface area contributed by atoms with Crippen molar-refractivity contribution in [1.29, 1.82) is 0 Å². The van der Waals surface area contributed by atoms with Gasteiger partial charge >= 0.3 is 0 Å². The maximum Gasteiger partial charge on any atom is 0.266 e. The summed E-state index contributed by atoms with van der Waals surface area (Å²) in [4.78, 5) is 5.00. The highest BCUT2D eigenvalue weighted by molar-refractivity contribution is 8.15. The van der Waals surface area contributed by atoms with Gasteiger partial charge in [-0.05, 0) is 37.6 Å². The normalized spacial score (nSPS) is 18.7. The van der Waals surface area contributed by atoms with Gasteiger partial charge in [0.2, 0.25) is 0 Å². The van der Waals surface area contributed by atoms with Gasteiger partial charge in [-0.3, -0.25) is 0 Å². The molecule has 1 aliphatic heterocycles. The van der Waals surface area contributed by atoms with E-state index in [4.69, 9.17) is 0 Å². The molecule has 1 saturated heterocycles. The third kappa shape index (κ3) is 4.97. The molecule has 1 fully saturated rings. The molecule has 150 valence electrons. The number of hydrogen-bond donors (Lipinski definition) is 0. The Kier molecular flexibility index (Phi) is 7.18. The van der Waals surface area contributed by atoms with Gasteiger partial charge in [-0.1, -0.05) is 80.3 Å². The molecule has 0 N–H and O–H groups in total. The first kappa shape index (κ1) is 20.9. The minimum absolute atomic E-state index is 0.0457. The smallest absolute Gasteiger partial charge is 0.240 e. The molecule has 0 amide bonds. The van der Waals surface area contributed by atoms with Gasteiger partial charge in [0.15, 0.2) is 5.17 Å². The lowest BCUT2D eigenvalue weighted by Gasteiger charge is -2.25. The Balaban J connectivity index is 1.92. The molecule has 2 aromatic carbocycles. The number of amidine groups is 1. The summed E-state index contributed by atoms with van der Waals surface area (Å²) in [6.07, 6.45) is 5.41. The average Bonchev–Trinajstić information content (AvgIpc) is 3.09. The third-order valence-corrected chi connectivity index (χ3v) is 7.94. The zero-order chi connectivity index (χ0) is 20.0. The first-order chi connectivity index (χ1) is 13.5. The number of unbranched alkanes of at least 4 members (excludes halogenated alkanes) is 3. The number of hydrogen-bond acceptors (Lipinski definition) is 4. The topological polar surface area (TPSA) is 49.7 Å². The maximum absolute atomic E-state index is 13.5. The van der Waals surface area contributed by atoms with Gasteiger partial charge in [-0.25, -0.2) is 17.7 Å². The van der Waals surface area contributed by atoms with E-state index >= 15 is 0 Å². The Labute approximate surface area is 173 Å². The molecule has 0 spiro atoms. The van der Waals surface area contributed by atoms with E-state index in [-0.39, 0.29) is 6.04 Å². The molecule has 0 unspecified atom stereocenters. The van der Waals surface area contributed by atoms with Gasteiger partial charge in [0.05, 0.1) is 16.6 Å². The van der Waals surface area contributed by atoms with Gasteiger partial charge < -0.3 is 0 Å². The minimum Gasteiger partial charge on any atom is -0.240 e. The SMILES string of the molecule is CCCCCC[C@@H]1CSC(=Nc2ccccc2)N1S(=O)(=O)c1ccc(C)cc1. The minimum atomic E-state index is -3.63. The number of thioether (sulfide) groups is 1. The molecule has 1 heterocycles. The van der Waals surface area contributed by atoms with Gasteiger partial charge in [-0.15, -0.1) is 0 Å². The van der Waals surface area contributed by atoms with Gasteiger partial charge in [-0.2, -0.15) is 0 Å². The Morgan fingerprint density at radius 2 is 1.75 bits per heavy atom. The van der Waals surface area contributed by atoms with Crippen LogP contribution in [-0.2, 0) is 10.0 Å². The van der Waals surface area contributed by atoms with Crippen molar-refractivity contribution in [2.75, 3.05) is 5.75 Å². The average molecular weight is 417 g/mol. The van der Waals surface area contributed by atoms with Crippen LogP contribution >= 0.6 is 11.8 Å². The highest BCUT2D eigenvalue weighted by Crippen LogP contribution is 2.34. The second-order valence-corrected chi connectivity index (χ2v) is 9.96. The summed E-state index contributed by atoms with van der Waals surface area (Å²) in [6, 6.07) is 16.6. The van der Waals surface area contributed by atoms with Crippen molar-refractivity contribution in [3.63, 3.8) is 0 Å². The number of sulfonamides is 1. The van der Waals surface area contributed by atoms with Gasteiger partial charge in [0.25, 0.3) is 10.0 Å². The van der Waals surface area contributed by atoms with Crippen LogP contribution in [0.3, 0.4) is 0 Å². The summed E-state index contributed by atoms with van der Waals surface area (Å²) in [7, 11) is -3.63. The predicted octanol–water partition coefficient (Wildman–Crippen LogP) is 5.76. The second kappa shape index (κ2) is 9.61. The van der Waals surface area contributed by atoms with E-state index in [1.807, 2.05) is 49.4 Å². The van der Waals surface area contributed by atoms with E-state index in [0.717, 1.165) is 36.3 Å². The van der Waals surface area contributed by atoms with Crippen LogP contribution in [0.15, 0.2) is 64.5 Å². The van der Waals surface area contributed by atoms with E-state index in [1.165, 1.54) is 24.6 Å². The highest BCUT2D eigenvalue weighted by Gasteiger charge is 2.39. The van der Waals surface area contributed by atoms with E-state index in [1.54, 1.807) is 16.4 Å². The summed E-state index contributed by atoms with van der Waals surface area (Å²) in [5.41, 5.74) is 1.82. The maximum atomic E-state index is 13.5. The largest absolute Gasteiger partial charge is 0.266 e. The molecule has 3 rings (SSSR count). The number of para-hydroxylation sites is 1. The van der Waals surface area contributed by atoms with E-state index in [0.29, 0.717) is 10.1 Å². The zero-order valence-corrected chi connectivity index (χ0v) is 18.2. The Bertz CT molecular complexity index is 894. The number of aliphatic imine (C=N–C) groups is 1. The molecule has 28 heavy (non-hydrogen) atoms. The van der Waals surface area contributed by atoms with Crippen LogP contribution in [0.5, 0.6) is 0 Å². The van der Waals surface area contributed by atoms with Gasteiger partial charge in [0, 0.05) is 5.75 Å². The summed E-state index contributed by atoms with van der Waals surface area (Å²) in [5, 5.41) is 0.576. The third-order valence-electron chi connectivity index (χ3n) is 4.87. The van der Waals surface area contributed by atoms with Crippen LogP contribution in [0.4, 0.5) is 5.69 Å². The zero-order valence-electron chi connectivity index (χ0n) is 16.5. The van der Waals surface area contributed by atoms with E-state index in [9.17, 15) is 8.42 Å². The Morgan fingerprint density at radius 3 is 2.43 bits per heavy atom. The lowest BCUT2D eigenvalue weighted by molar-refractivity contribution is 0.429. The molecule has 6 heteroatoms. The molecule has 0 saturated carbocycles. The highest BCUT2D eigenvalue weighted by atomic mass is 32.2. The molecular formula is C22H28N2O2S2. The van der Waals surface area contributed by atoms with Crippen LogP contribution in [0.1, 0.15) is 44.6 Å². The van der Waals surface area contributed by atoms with Crippen LogP contribution in [0.2, 0.25) is 0 Å². The van der Waals surface area contributed by atoms with Crippen LogP contribution in [0.25, 0.3) is 0 Å². The predicted molar refractivity (Wildman–Crippen MR) is 119 cm³/mol. The number of rotatable bonds is 8. The molecular weight excluding hydrogens is 388 g/mol. The summed E-state index contributed by atoms with van der Waals surface area (Å²) in [6.45, 7) is 4.14.